The highest BCUT2D eigenvalue weighted by atomic mass is 16.5. The number of nitrogens with two attached hydrogens (primary N) is 1. The number of methoxy groups -OCH3 is 3. The summed E-state index contributed by atoms with van der Waals surface area (Å²) in [5.74, 6) is 2.03. The minimum Gasteiger partial charge on any atom is -0.496 e. The molecule has 0 heterocycles. The quantitative estimate of drug-likeness (QED) is 0.874. The molecule has 1 aliphatic rings. The van der Waals surface area contributed by atoms with Gasteiger partial charge >= 0.3 is 0 Å². The first-order valence-corrected chi connectivity index (χ1v) is 7.72. The second-order valence-corrected chi connectivity index (χ2v) is 5.70. The summed E-state index contributed by atoms with van der Waals surface area (Å²) in [5, 5.41) is 0. The SMILES string of the molecule is COc1cccc(OC)c1C(N)C(OC)C1CCCCC1. The molecular formula is C17H27NO3. The molecule has 2 atom stereocenters. The summed E-state index contributed by atoms with van der Waals surface area (Å²) in [7, 11) is 5.07. The summed E-state index contributed by atoms with van der Waals surface area (Å²) in [6.45, 7) is 0. The van der Waals surface area contributed by atoms with E-state index >= 15 is 0 Å². The van der Waals surface area contributed by atoms with Gasteiger partial charge in [0.2, 0.25) is 0 Å². The van der Waals surface area contributed by atoms with Gasteiger partial charge < -0.3 is 19.9 Å². The zero-order valence-electron chi connectivity index (χ0n) is 13.3. The number of benzene rings is 1. The first-order chi connectivity index (χ1) is 10.2. The molecule has 0 amide bonds. The highest BCUT2D eigenvalue weighted by molar-refractivity contribution is 5.47. The molecular weight excluding hydrogens is 266 g/mol. The van der Waals surface area contributed by atoms with Gasteiger partial charge in [0.15, 0.2) is 0 Å². The Morgan fingerprint density at radius 3 is 2.05 bits per heavy atom. The zero-order chi connectivity index (χ0) is 15.2. The van der Waals surface area contributed by atoms with Gasteiger partial charge in [-0.05, 0) is 30.9 Å². The highest BCUT2D eigenvalue weighted by Gasteiger charge is 2.32. The summed E-state index contributed by atoms with van der Waals surface area (Å²) >= 11 is 0. The Labute approximate surface area is 127 Å². The maximum atomic E-state index is 6.55. The molecule has 2 N–H and O–H groups in total. The Morgan fingerprint density at radius 2 is 1.57 bits per heavy atom. The molecule has 2 rings (SSSR count). The summed E-state index contributed by atoms with van der Waals surface area (Å²) in [6, 6.07) is 5.51. The van der Waals surface area contributed by atoms with E-state index in [1.807, 2.05) is 18.2 Å². The van der Waals surface area contributed by atoms with Crippen molar-refractivity contribution in [1.29, 1.82) is 0 Å². The molecule has 1 fully saturated rings. The topological polar surface area (TPSA) is 53.7 Å². The van der Waals surface area contributed by atoms with Gasteiger partial charge in [-0.25, -0.2) is 0 Å². The van der Waals surface area contributed by atoms with Gasteiger partial charge in [-0.1, -0.05) is 25.3 Å². The fraction of sp³-hybridized carbons (Fsp3) is 0.647. The number of hydrogen-bond acceptors (Lipinski definition) is 4. The Kier molecular flexibility index (Phi) is 5.88. The van der Waals surface area contributed by atoms with Crippen molar-refractivity contribution in [2.24, 2.45) is 11.7 Å². The Bertz CT molecular complexity index is 421. The Hall–Kier alpha value is -1.26. The molecule has 4 nitrogen and oxygen atoms in total. The van der Waals surface area contributed by atoms with Crippen LogP contribution in [0.15, 0.2) is 18.2 Å². The van der Waals surface area contributed by atoms with E-state index in [9.17, 15) is 0 Å². The van der Waals surface area contributed by atoms with Crippen molar-refractivity contribution in [3.05, 3.63) is 23.8 Å². The van der Waals surface area contributed by atoms with Gasteiger partial charge in [0.05, 0.1) is 31.9 Å². The molecule has 1 saturated carbocycles. The van der Waals surface area contributed by atoms with E-state index in [-0.39, 0.29) is 12.1 Å². The molecule has 0 spiro atoms. The van der Waals surface area contributed by atoms with E-state index in [4.69, 9.17) is 19.9 Å². The van der Waals surface area contributed by atoms with Crippen LogP contribution in [0.5, 0.6) is 11.5 Å². The van der Waals surface area contributed by atoms with E-state index < -0.39 is 0 Å². The van der Waals surface area contributed by atoms with E-state index in [1.54, 1.807) is 21.3 Å². The summed E-state index contributed by atoms with van der Waals surface area (Å²) in [4.78, 5) is 0. The zero-order valence-corrected chi connectivity index (χ0v) is 13.3. The lowest BCUT2D eigenvalue weighted by atomic mass is 9.81. The van der Waals surface area contributed by atoms with Gasteiger partial charge in [0.25, 0.3) is 0 Å². The largest absolute Gasteiger partial charge is 0.496 e. The monoisotopic (exact) mass is 293 g/mol. The fourth-order valence-electron chi connectivity index (χ4n) is 3.47. The maximum Gasteiger partial charge on any atom is 0.127 e. The molecule has 0 radical (unpaired) electrons. The number of rotatable bonds is 6. The predicted octanol–water partition coefficient (Wildman–Crippen LogP) is 3.30. The van der Waals surface area contributed by atoms with Crippen LogP contribution in [0, 0.1) is 5.92 Å². The van der Waals surface area contributed by atoms with Crippen LogP contribution in [0.1, 0.15) is 43.7 Å². The second kappa shape index (κ2) is 7.66. The van der Waals surface area contributed by atoms with E-state index in [2.05, 4.69) is 0 Å². The number of ether oxygens (including phenoxy) is 3. The average molecular weight is 293 g/mol. The summed E-state index contributed by atoms with van der Waals surface area (Å²) in [5.41, 5.74) is 7.45. The number of hydrogen-bond donors (Lipinski definition) is 1. The molecule has 0 saturated heterocycles. The molecule has 0 bridgehead atoms. The van der Waals surface area contributed by atoms with Crippen LogP contribution in [-0.2, 0) is 4.74 Å². The molecule has 2 unspecified atom stereocenters. The third-order valence-corrected chi connectivity index (χ3v) is 4.54. The molecule has 1 aliphatic carbocycles. The van der Waals surface area contributed by atoms with E-state index in [1.165, 1.54) is 32.1 Å². The molecule has 1 aromatic carbocycles. The standard InChI is InChI=1S/C17H27NO3/c1-19-13-10-7-11-14(20-2)15(13)16(18)17(21-3)12-8-5-4-6-9-12/h7,10-12,16-17H,4-6,8-9,18H2,1-3H3. The molecule has 21 heavy (non-hydrogen) atoms. The molecule has 4 heteroatoms. The first-order valence-electron chi connectivity index (χ1n) is 7.72. The highest BCUT2D eigenvalue weighted by Crippen LogP contribution is 2.39. The normalized spacial score (nSPS) is 19.0. The van der Waals surface area contributed by atoms with Crippen molar-refractivity contribution in [2.75, 3.05) is 21.3 Å². The Morgan fingerprint density at radius 1 is 1.00 bits per heavy atom. The van der Waals surface area contributed by atoms with Crippen LogP contribution >= 0.6 is 0 Å². The van der Waals surface area contributed by atoms with Crippen LogP contribution in [0.3, 0.4) is 0 Å². The van der Waals surface area contributed by atoms with Crippen LogP contribution in [0.25, 0.3) is 0 Å². The molecule has 1 aromatic rings. The minimum atomic E-state index is -0.246. The second-order valence-electron chi connectivity index (χ2n) is 5.70. The van der Waals surface area contributed by atoms with Gasteiger partial charge in [0, 0.05) is 7.11 Å². The van der Waals surface area contributed by atoms with Crippen molar-refractivity contribution >= 4 is 0 Å². The lowest BCUT2D eigenvalue weighted by Gasteiger charge is -2.34. The third kappa shape index (κ3) is 3.50. The van der Waals surface area contributed by atoms with Crippen molar-refractivity contribution in [1.82, 2.24) is 0 Å². The predicted molar refractivity (Wildman–Crippen MR) is 83.8 cm³/mol. The fourth-order valence-corrected chi connectivity index (χ4v) is 3.47. The van der Waals surface area contributed by atoms with Crippen LogP contribution in [0.2, 0.25) is 0 Å². The smallest absolute Gasteiger partial charge is 0.127 e. The molecule has 0 aliphatic heterocycles. The van der Waals surface area contributed by atoms with Crippen molar-refractivity contribution in [3.63, 3.8) is 0 Å². The summed E-state index contributed by atoms with van der Waals surface area (Å²) < 4.78 is 16.7. The van der Waals surface area contributed by atoms with E-state index in [0.29, 0.717) is 5.92 Å². The lowest BCUT2D eigenvalue weighted by molar-refractivity contribution is 0.0163. The Balaban J connectivity index is 2.29. The van der Waals surface area contributed by atoms with Crippen LogP contribution in [-0.4, -0.2) is 27.4 Å². The third-order valence-electron chi connectivity index (χ3n) is 4.54. The molecule has 118 valence electrons. The maximum absolute atomic E-state index is 6.55. The first kappa shape index (κ1) is 16.1. The van der Waals surface area contributed by atoms with Gasteiger partial charge in [-0.2, -0.15) is 0 Å². The van der Waals surface area contributed by atoms with Gasteiger partial charge in [-0.15, -0.1) is 0 Å². The van der Waals surface area contributed by atoms with Crippen molar-refractivity contribution in [3.8, 4) is 11.5 Å². The minimum absolute atomic E-state index is 0.00417. The van der Waals surface area contributed by atoms with Gasteiger partial charge in [0.1, 0.15) is 11.5 Å². The van der Waals surface area contributed by atoms with Crippen LogP contribution < -0.4 is 15.2 Å². The van der Waals surface area contributed by atoms with Gasteiger partial charge in [-0.3, -0.25) is 0 Å². The van der Waals surface area contributed by atoms with Crippen molar-refractivity contribution < 1.29 is 14.2 Å². The summed E-state index contributed by atoms with van der Waals surface area (Å²) in [6.07, 6.45) is 6.21. The van der Waals surface area contributed by atoms with E-state index in [0.717, 1.165) is 17.1 Å². The van der Waals surface area contributed by atoms with Crippen molar-refractivity contribution in [2.45, 2.75) is 44.2 Å². The lowest BCUT2D eigenvalue weighted by Crippen LogP contribution is -2.36. The van der Waals surface area contributed by atoms with Crippen LogP contribution in [0.4, 0.5) is 0 Å². The average Bonchev–Trinajstić information content (AvgIpc) is 2.55. The molecule has 0 aromatic heterocycles.